The summed E-state index contributed by atoms with van der Waals surface area (Å²) in [4.78, 5) is 11.5. The van der Waals surface area contributed by atoms with Gasteiger partial charge in [0.15, 0.2) is 5.82 Å². The third kappa shape index (κ3) is 4.92. The summed E-state index contributed by atoms with van der Waals surface area (Å²) in [5.74, 6) is 1.84. The van der Waals surface area contributed by atoms with Gasteiger partial charge in [-0.05, 0) is 57.2 Å². The molecule has 2 atom stereocenters. The zero-order chi connectivity index (χ0) is 29.1. The molecule has 0 radical (unpaired) electrons. The van der Waals surface area contributed by atoms with E-state index in [0.29, 0.717) is 46.0 Å². The number of benzene rings is 2. The highest BCUT2D eigenvalue weighted by Gasteiger charge is 2.34. The van der Waals surface area contributed by atoms with Crippen molar-refractivity contribution in [3.05, 3.63) is 53.2 Å². The SMILES string of the molecule is C#Cc1c(F)ccc2cc(O)cc(-c3ncc4c(N5CC6CCC(C5)N6)nc(OCCC(C)(C)O)c(C)c4c3F)c12. The van der Waals surface area contributed by atoms with E-state index in [0.717, 1.165) is 25.9 Å². The number of phenolic OH excluding ortho intramolecular Hbond substituents is 1. The predicted molar refractivity (Wildman–Crippen MR) is 155 cm³/mol. The molecule has 4 heterocycles. The van der Waals surface area contributed by atoms with Crippen LogP contribution in [0.25, 0.3) is 32.8 Å². The molecule has 2 aliphatic heterocycles. The number of aromatic nitrogens is 2. The highest BCUT2D eigenvalue weighted by molar-refractivity contribution is 6.04. The van der Waals surface area contributed by atoms with Crippen LogP contribution in [0.3, 0.4) is 0 Å². The highest BCUT2D eigenvalue weighted by Crippen LogP contribution is 2.41. The third-order valence-electron chi connectivity index (χ3n) is 8.08. The van der Waals surface area contributed by atoms with Crippen LogP contribution in [0.2, 0.25) is 0 Å². The van der Waals surface area contributed by atoms with Gasteiger partial charge in [-0.15, -0.1) is 6.42 Å². The van der Waals surface area contributed by atoms with E-state index in [-0.39, 0.29) is 40.4 Å². The summed E-state index contributed by atoms with van der Waals surface area (Å²) in [6.45, 7) is 6.76. The van der Waals surface area contributed by atoms with Crippen LogP contribution in [0, 0.1) is 30.9 Å². The number of halogens is 2. The molecule has 212 valence electrons. The van der Waals surface area contributed by atoms with Gasteiger partial charge in [0.2, 0.25) is 5.88 Å². The van der Waals surface area contributed by atoms with Crippen LogP contribution in [-0.4, -0.2) is 57.6 Å². The standard InChI is InChI=1S/C32H32F2N4O3/c1-5-22-25(33)9-6-18-12-21(39)13-23(27(18)22)29-28(34)26-17(2)31(41-11-10-32(3,4)40)37-30(24(26)14-35-29)38-15-19-7-8-20(16-38)36-19/h1,6,9,12-14,19-20,36,39-40H,7-8,10-11,15-16H2,2-4H3. The number of pyridine rings is 2. The zero-order valence-electron chi connectivity index (χ0n) is 23.3. The number of piperazine rings is 1. The van der Waals surface area contributed by atoms with Gasteiger partial charge in [-0.3, -0.25) is 4.98 Å². The number of fused-ring (bicyclic) bond motifs is 4. The summed E-state index contributed by atoms with van der Waals surface area (Å²) in [7, 11) is 0. The number of aryl methyl sites for hydroxylation is 1. The Balaban J connectivity index is 1.57. The number of hydrogen-bond acceptors (Lipinski definition) is 7. The number of hydrogen-bond donors (Lipinski definition) is 3. The van der Waals surface area contributed by atoms with Gasteiger partial charge >= 0.3 is 0 Å². The van der Waals surface area contributed by atoms with Gasteiger partial charge in [-0.2, -0.15) is 4.98 Å². The number of terminal acetylenes is 1. The van der Waals surface area contributed by atoms with Crippen LogP contribution in [0.15, 0.2) is 30.5 Å². The lowest BCUT2D eigenvalue weighted by Gasteiger charge is -2.34. The first kappa shape index (κ1) is 27.2. The maximum Gasteiger partial charge on any atom is 0.218 e. The van der Waals surface area contributed by atoms with Crippen LogP contribution in [0.1, 0.15) is 44.2 Å². The molecule has 0 aliphatic carbocycles. The lowest BCUT2D eigenvalue weighted by Crippen LogP contribution is -2.51. The Bertz CT molecular complexity index is 1720. The Morgan fingerprint density at radius 1 is 1.17 bits per heavy atom. The number of phenols is 1. The number of aliphatic hydroxyl groups is 1. The third-order valence-corrected chi connectivity index (χ3v) is 8.08. The van der Waals surface area contributed by atoms with Crippen LogP contribution < -0.4 is 15.0 Å². The van der Waals surface area contributed by atoms with Crippen molar-refractivity contribution in [2.75, 3.05) is 24.6 Å². The molecule has 2 aromatic heterocycles. The van der Waals surface area contributed by atoms with E-state index < -0.39 is 17.2 Å². The molecule has 41 heavy (non-hydrogen) atoms. The number of nitrogens with one attached hydrogen (secondary N) is 1. The Morgan fingerprint density at radius 3 is 2.59 bits per heavy atom. The van der Waals surface area contributed by atoms with Crippen LogP contribution in [-0.2, 0) is 0 Å². The molecule has 0 saturated carbocycles. The maximum atomic E-state index is 16.8. The molecule has 2 aromatic carbocycles. The molecular formula is C32H32F2N4O3. The number of rotatable bonds is 6. The van der Waals surface area contributed by atoms with E-state index in [1.54, 1.807) is 27.0 Å². The smallest absolute Gasteiger partial charge is 0.218 e. The lowest BCUT2D eigenvalue weighted by atomic mass is 9.95. The quantitative estimate of drug-likeness (QED) is 0.280. The van der Waals surface area contributed by atoms with Crippen molar-refractivity contribution < 1.29 is 23.7 Å². The summed E-state index contributed by atoms with van der Waals surface area (Å²) in [5, 5.41) is 25.9. The molecule has 4 aromatic rings. The second kappa shape index (κ2) is 10.1. The predicted octanol–water partition coefficient (Wildman–Crippen LogP) is 5.20. The van der Waals surface area contributed by atoms with Gasteiger partial charge in [-0.25, -0.2) is 8.78 Å². The first-order valence-corrected chi connectivity index (χ1v) is 13.8. The minimum Gasteiger partial charge on any atom is -0.508 e. The summed E-state index contributed by atoms with van der Waals surface area (Å²) < 4.78 is 37.6. The molecule has 0 spiro atoms. The average Bonchev–Trinajstić information content (AvgIpc) is 3.26. The van der Waals surface area contributed by atoms with Gasteiger partial charge < -0.3 is 25.2 Å². The van der Waals surface area contributed by atoms with Crippen molar-refractivity contribution in [1.29, 1.82) is 0 Å². The largest absolute Gasteiger partial charge is 0.508 e. The second-order valence-corrected chi connectivity index (χ2v) is 11.7. The van der Waals surface area contributed by atoms with Crippen LogP contribution in [0.5, 0.6) is 11.6 Å². The Morgan fingerprint density at radius 2 is 1.90 bits per heavy atom. The molecule has 3 N–H and O–H groups in total. The number of anilines is 1. The van der Waals surface area contributed by atoms with Gasteiger partial charge in [0.1, 0.15) is 23.1 Å². The Kier molecular flexibility index (Phi) is 6.71. The molecule has 2 aliphatic rings. The highest BCUT2D eigenvalue weighted by atomic mass is 19.1. The summed E-state index contributed by atoms with van der Waals surface area (Å²) in [6, 6.07) is 6.17. The molecule has 6 rings (SSSR count). The van der Waals surface area contributed by atoms with E-state index in [9.17, 15) is 14.6 Å². The lowest BCUT2D eigenvalue weighted by molar-refractivity contribution is 0.0546. The monoisotopic (exact) mass is 558 g/mol. The molecule has 0 amide bonds. The normalized spacial score (nSPS) is 18.7. The summed E-state index contributed by atoms with van der Waals surface area (Å²) >= 11 is 0. The fraction of sp³-hybridized carbons (Fsp3) is 0.375. The Labute approximate surface area is 237 Å². The van der Waals surface area contributed by atoms with Crippen molar-refractivity contribution >= 4 is 27.4 Å². The van der Waals surface area contributed by atoms with Gasteiger partial charge in [-0.1, -0.05) is 12.0 Å². The molecule has 2 saturated heterocycles. The van der Waals surface area contributed by atoms with E-state index in [1.165, 1.54) is 24.3 Å². The van der Waals surface area contributed by atoms with Crippen LogP contribution >= 0.6 is 0 Å². The van der Waals surface area contributed by atoms with Gasteiger partial charge in [0.05, 0.1) is 17.8 Å². The van der Waals surface area contributed by atoms with Crippen LogP contribution in [0.4, 0.5) is 14.6 Å². The first-order chi connectivity index (χ1) is 19.5. The molecule has 2 unspecified atom stereocenters. The van der Waals surface area contributed by atoms with Crippen molar-refractivity contribution in [3.63, 3.8) is 0 Å². The first-order valence-electron chi connectivity index (χ1n) is 13.8. The number of aromatic hydroxyl groups is 1. The van der Waals surface area contributed by atoms with E-state index in [2.05, 4.69) is 21.1 Å². The van der Waals surface area contributed by atoms with Gasteiger partial charge in [0, 0.05) is 65.1 Å². The van der Waals surface area contributed by atoms with Crippen molar-refractivity contribution in [1.82, 2.24) is 15.3 Å². The number of nitrogens with zero attached hydrogens (tertiary/aromatic N) is 3. The molecule has 2 fully saturated rings. The maximum absolute atomic E-state index is 16.8. The minimum atomic E-state index is -0.936. The van der Waals surface area contributed by atoms with E-state index in [1.807, 2.05) is 0 Å². The molecule has 7 nitrogen and oxygen atoms in total. The van der Waals surface area contributed by atoms with Gasteiger partial charge in [0.25, 0.3) is 0 Å². The van der Waals surface area contributed by atoms with E-state index >= 15 is 4.39 Å². The number of ether oxygens (including phenoxy) is 1. The molecular weight excluding hydrogens is 526 g/mol. The zero-order valence-corrected chi connectivity index (χ0v) is 23.3. The van der Waals surface area contributed by atoms with E-state index in [4.69, 9.17) is 16.1 Å². The molecule has 2 bridgehead atoms. The second-order valence-electron chi connectivity index (χ2n) is 11.7. The van der Waals surface area contributed by atoms with Crippen molar-refractivity contribution in [2.24, 2.45) is 0 Å². The topological polar surface area (TPSA) is 90.7 Å². The van der Waals surface area contributed by atoms with Crippen molar-refractivity contribution in [2.45, 2.75) is 57.7 Å². The average molecular weight is 559 g/mol. The fourth-order valence-corrected chi connectivity index (χ4v) is 6.06. The fourth-order valence-electron chi connectivity index (χ4n) is 6.06. The Hall–Kier alpha value is -4.00. The summed E-state index contributed by atoms with van der Waals surface area (Å²) in [6.07, 6.45) is 9.73. The summed E-state index contributed by atoms with van der Waals surface area (Å²) in [5.41, 5.74) is -0.365. The van der Waals surface area contributed by atoms with Crippen molar-refractivity contribution in [3.8, 4) is 35.2 Å². The minimum absolute atomic E-state index is 0.0298. The molecule has 9 heteroatoms.